The number of aliphatic carboxylic acids is 1. The zero-order valence-corrected chi connectivity index (χ0v) is 20.8. The van der Waals surface area contributed by atoms with Gasteiger partial charge in [-0.2, -0.15) is 0 Å². The van der Waals surface area contributed by atoms with Gasteiger partial charge >= 0.3 is 5.97 Å². The van der Waals surface area contributed by atoms with Crippen molar-refractivity contribution in [2.45, 2.75) is 76.7 Å². The third kappa shape index (κ3) is 10.8. The summed E-state index contributed by atoms with van der Waals surface area (Å²) in [5, 5.41) is 26.8. The van der Waals surface area contributed by atoms with Crippen LogP contribution in [0.15, 0.2) is 30.3 Å². The first-order chi connectivity index (χ1) is 16.8. The van der Waals surface area contributed by atoms with Crippen molar-refractivity contribution in [3.05, 3.63) is 35.9 Å². The Morgan fingerprint density at radius 1 is 0.889 bits per heavy atom. The zero-order valence-electron chi connectivity index (χ0n) is 20.8. The number of carboxylic acids is 1. The van der Waals surface area contributed by atoms with Crippen molar-refractivity contribution < 1.29 is 34.2 Å². The van der Waals surface area contributed by atoms with Gasteiger partial charge in [0.05, 0.1) is 12.1 Å². The smallest absolute Gasteiger partial charge is 0.326 e. The number of nitrogens with two attached hydrogens (primary N) is 2. The Bertz CT molecular complexity index is 907. The van der Waals surface area contributed by atoms with E-state index in [9.17, 15) is 34.2 Å². The highest BCUT2D eigenvalue weighted by Gasteiger charge is 2.33. The Kier molecular flexibility index (Phi) is 12.5. The monoisotopic (exact) mass is 507 g/mol. The first-order valence-electron chi connectivity index (χ1n) is 11.7. The quantitative estimate of drug-likeness (QED) is 0.152. The summed E-state index contributed by atoms with van der Waals surface area (Å²) in [6.07, 6.45) is -1.31. The molecule has 0 aromatic heterocycles. The van der Waals surface area contributed by atoms with Crippen molar-refractivity contribution in [2.75, 3.05) is 0 Å². The Balaban J connectivity index is 3.05. The van der Waals surface area contributed by atoms with Crippen LogP contribution in [0.1, 0.15) is 45.6 Å². The lowest BCUT2D eigenvalue weighted by atomic mass is 10.0. The molecule has 9 N–H and O–H groups in total. The molecule has 0 heterocycles. The van der Waals surface area contributed by atoms with Gasteiger partial charge in [0, 0.05) is 12.8 Å². The summed E-state index contributed by atoms with van der Waals surface area (Å²) in [5.74, 6) is -4.27. The van der Waals surface area contributed by atoms with E-state index in [-0.39, 0.29) is 31.6 Å². The molecule has 5 atom stereocenters. The minimum Gasteiger partial charge on any atom is -0.480 e. The normalized spacial score (nSPS) is 15.2. The third-order valence-corrected chi connectivity index (χ3v) is 5.34. The minimum atomic E-state index is -1.48. The number of hydrogen-bond donors (Lipinski definition) is 7. The van der Waals surface area contributed by atoms with Gasteiger partial charge in [-0.3, -0.25) is 19.2 Å². The van der Waals surface area contributed by atoms with Gasteiger partial charge in [-0.25, -0.2) is 4.79 Å². The number of primary amides is 1. The van der Waals surface area contributed by atoms with Crippen molar-refractivity contribution in [3.8, 4) is 0 Å². The molecule has 0 saturated carbocycles. The summed E-state index contributed by atoms with van der Waals surface area (Å²) in [6, 6.07) is 3.77. The first-order valence-corrected chi connectivity index (χ1v) is 11.7. The highest BCUT2D eigenvalue weighted by atomic mass is 16.4. The molecule has 0 radical (unpaired) electrons. The van der Waals surface area contributed by atoms with E-state index in [0.717, 1.165) is 0 Å². The van der Waals surface area contributed by atoms with Crippen molar-refractivity contribution in [1.82, 2.24) is 16.0 Å². The maximum atomic E-state index is 13.1. The van der Waals surface area contributed by atoms with Crippen LogP contribution in [0.2, 0.25) is 0 Å². The van der Waals surface area contributed by atoms with Crippen LogP contribution in [0.4, 0.5) is 0 Å². The molecule has 12 heteroatoms. The average Bonchev–Trinajstić information content (AvgIpc) is 2.79. The van der Waals surface area contributed by atoms with E-state index >= 15 is 0 Å². The molecule has 36 heavy (non-hydrogen) atoms. The second-order valence-corrected chi connectivity index (χ2v) is 9.12. The third-order valence-electron chi connectivity index (χ3n) is 5.34. The first kappa shape index (κ1) is 30.5. The van der Waals surface area contributed by atoms with Gasteiger partial charge in [0.1, 0.15) is 18.1 Å². The number of nitrogens with one attached hydrogen (secondary N) is 3. The Labute approximate surface area is 210 Å². The molecule has 12 nitrogen and oxygen atoms in total. The number of benzene rings is 1. The van der Waals surface area contributed by atoms with E-state index in [1.54, 1.807) is 44.2 Å². The van der Waals surface area contributed by atoms with E-state index in [1.165, 1.54) is 6.92 Å². The van der Waals surface area contributed by atoms with Crippen molar-refractivity contribution in [2.24, 2.45) is 17.4 Å². The molecule has 0 aliphatic heterocycles. The molecule has 1 rings (SSSR count). The van der Waals surface area contributed by atoms with E-state index in [4.69, 9.17) is 11.5 Å². The van der Waals surface area contributed by atoms with Crippen molar-refractivity contribution in [1.29, 1.82) is 0 Å². The van der Waals surface area contributed by atoms with E-state index in [1.807, 2.05) is 0 Å². The molecule has 1 aromatic rings. The Morgan fingerprint density at radius 2 is 1.47 bits per heavy atom. The summed E-state index contributed by atoms with van der Waals surface area (Å²) in [5.41, 5.74) is 11.6. The molecule has 0 saturated heterocycles. The van der Waals surface area contributed by atoms with Gasteiger partial charge in [0.25, 0.3) is 0 Å². The molecule has 4 amide bonds. The number of carboxylic acid groups (broad SMARTS) is 1. The fourth-order valence-electron chi connectivity index (χ4n) is 3.38. The fraction of sp³-hybridized carbons (Fsp3) is 0.542. The van der Waals surface area contributed by atoms with Gasteiger partial charge in [-0.05, 0) is 31.2 Å². The Hall–Kier alpha value is -3.51. The van der Waals surface area contributed by atoms with Crippen molar-refractivity contribution >= 4 is 29.6 Å². The average molecular weight is 508 g/mol. The maximum Gasteiger partial charge on any atom is 0.326 e. The van der Waals surface area contributed by atoms with E-state index in [0.29, 0.717) is 5.56 Å². The summed E-state index contributed by atoms with van der Waals surface area (Å²) < 4.78 is 0. The molecule has 0 aliphatic carbocycles. The lowest BCUT2D eigenvalue weighted by molar-refractivity contribution is -0.143. The van der Waals surface area contributed by atoms with Crippen LogP contribution in [0.25, 0.3) is 0 Å². The second-order valence-electron chi connectivity index (χ2n) is 9.12. The van der Waals surface area contributed by atoms with Gasteiger partial charge in [-0.1, -0.05) is 44.2 Å². The van der Waals surface area contributed by atoms with Gasteiger partial charge < -0.3 is 37.6 Å². The molecule has 0 bridgehead atoms. The molecule has 5 unspecified atom stereocenters. The molecule has 1 aromatic carbocycles. The summed E-state index contributed by atoms with van der Waals surface area (Å²) in [6.45, 7) is 4.86. The highest BCUT2D eigenvalue weighted by Crippen LogP contribution is 2.08. The van der Waals surface area contributed by atoms with Crippen LogP contribution in [-0.4, -0.2) is 70.1 Å². The van der Waals surface area contributed by atoms with Gasteiger partial charge in [0.15, 0.2) is 0 Å². The van der Waals surface area contributed by atoms with Gasteiger partial charge in [0.2, 0.25) is 23.6 Å². The highest BCUT2D eigenvalue weighted by molar-refractivity contribution is 5.94. The predicted molar refractivity (Wildman–Crippen MR) is 131 cm³/mol. The van der Waals surface area contributed by atoms with Crippen LogP contribution in [0.3, 0.4) is 0 Å². The summed E-state index contributed by atoms with van der Waals surface area (Å²) in [7, 11) is 0. The summed E-state index contributed by atoms with van der Waals surface area (Å²) >= 11 is 0. The van der Waals surface area contributed by atoms with Crippen LogP contribution < -0.4 is 27.4 Å². The number of carbonyl (C=O) groups is 5. The maximum absolute atomic E-state index is 13.1. The number of rotatable bonds is 15. The predicted octanol–water partition coefficient (Wildman–Crippen LogP) is -1.21. The van der Waals surface area contributed by atoms with Crippen LogP contribution in [-0.2, 0) is 30.4 Å². The molecule has 200 valence electrons. The van der Waals surface area contributed by atoms with Gasteiger partial charge in [-0.15, -0.1) is 0 Å². The number of aliphatic hydroxyl groups is 1. The topological polar surface area (TPSA) is 214 Å². The largest absolute Gasteiger partial charge is 0.480 e. The number of carbonyl (C=O) groups excluding carboxylic acids is 4. The lowest BCUT2D eigenvalue weighted by Crippen LogP contribution is -2.60. The Morgan fingerprint density at radius 3 is 1.97 bits per heavy atom. The van der Waals surface area contributed by atoms with Crippen molar-refractivity contribution in [3.63, 3.8) is 0 Å². The SMILES string of the molecule is CC(C)CC(NC(=O)C(NC(=O)C(Cc1ccccc1)NC(=O)C(N)CCC(N)=O)C(C)O)C(=O)O. The summed E-state index contributed by atoms with van der Waals surface area (Å²) in [4.78, 5) is 61.0. The van der Waals surface area contributed by atoms with E-state index in [2.05, 4.69) is 16.0 Å². The fourth-order valence-corrected chi connectivity index (χ4v) is 3.38. The number of aliphatic hydroxyl groups excluding tert-OH is 1. The zero-order chi connectivity index (χ0) is 27.4. The van der Waals surface area contributed by atoms with Crippen LogP contribution >= 0.6 is 0 Å². The molecular formula is C24H37N5O7. The number of hydrogen-bond acceptors (Lipinski definition) is 7. The lowest BCUT2D eigenvalue weighted by Gasteiger charge is -2.27. The standard InChI is InChI=1S/C24H37N5O7/c1-13(2)11-18(24(35)36)28-23(34)20(14(3)30)29-22(33)17(12-15-7-5-4-6-8-15)27-21(32)16(25)9-10-19(26)31/h4-8,13-14,16-18,20,30H,9-12,25H2,1-3H3,(H2,26,31)(H,27,32)(H,28,34)(H,29,33)(H,35,36). The second kappa shape index (κ2) is 14.8. The van der Waals surface area contributed by atoms with Crippen LogP contribution in [0, 0.1) is 5.92 Å². The van der Waals surface area contributed by atoms with E-state index < -0.39 is 59.9 Å². The molecule has 0 fully saturated rings. The van der Waals surface area contributed by atoms with Crippen LogP contribution in [0.5, 0.6) is 0 Å². The minimum absolute atomic E-state index is 0.0218. The molecule has 0 aliphatic rings. The molecular weight excluding hydrogens is 470 g/mol. The molecule has 0 spiro atoms. The number of amides is 4.